The normalized spacial score (nSPS) is 16.8. The van der Waals surface area contributed by atoms with Crippen LogP contribution in [0.2, 0.25) is 0 Å². The molecular weight excluding hydrogens is 180 g/mol. The molecule has 0 amide bonds. The molecule has 0 bridgehead atoms. The largest absolute Gasteiger partial charge is 0.0988 e. The highest BCUT2D eigenvalue weighted by molar-refractivity contribution is 5.33. The molecule has 0 radical (unpaired) electrons. The van der Waals surface area contributed by atoms with Crippen molar-refractivity contribution >= 4 is 0 Å². The quantitative estimate of drug-likeness (QED) is 0.575. The van der Waals surface area contributed by atoms with Crippen molar-refractivity contribution in [2.45, 2.75) is 33.1 Å². The average molecular weight is 200 g/mol. The highest BCUT2D eigenvalue weighted by Gasteiger charge is 2.03. The zero-order valence-corrected chi connectivity index (χ0v) is 9.84. The smallest absolute Gasteiger partial charge is 0.00695 e. The summed E-state index contributed by atoms with van der Waals surface area (Å²) in [4.78, 5) is 0. The molecule has 0 fully saturated rings. The molecular formula is C15H20. The maximum atomic E-state index is 4.08. The fourth-order valence-electron chi connectivity index (χ4n) is 1.80. The first kappa shape index (κ1) is 11.8. The van der Waals surface area contributed by atoms with Gasteiger partial charge in [-0.3, -0.25) is 0 Å². The van der Waals surface area contributed by atoms with Crippen molar-refractivity contribution in [2.24, 2.45) is 0 Å². The van der Waals surface area contributed by atoms with Gasteiger partial charge in [-0.05, 0) is 33.1 Å². The molecule has 0 saturated carbocycles. The minimum absolute atomic E-state index is 0.996. The zero-order chi connectivity index (χ0) is 11.3. The molecule has 1 aliphatic rings. The van der Waals surface area contributed by atoms with Crippen molar-refractivity contribution in [1.29, 1.82) is 0 Å². The van der Waals surface area contributed by atoms with Crippen LogP contribution in [0.1, 0.15) is 33.1 Å². The summed E-state index contributed by atoms with van der Waals surface area (Å²) in [6, 6.07) is 0. The van der Waals surface area contributed by atoms with Crippen molar-refractivity contribution in [3.8, 4) is 0 Å². The first-order valence-electron chi connectivity index (χ1n) is 5.46. The molecule has 0 heterocycles. The Hall–Kier alpha value is -1.30. The zero-order valence-electron chi connectivity index (χ0n) is 9.84. The minimum atomic E-state index is 0.996. The Kier molecular flexibility index (Phi) is 4.36. The Morgan fingerprint density at radius 1 is 1.53 bits per heavy atom. The fraction of sp³-hybridized carbons (Fsp3) is 0.333. The Morgan fingerprint density at radius 2 is 2.27 bits per heavy atom. The molecule has 15 heavy (non-hydrogen) atoms. The van der Waals surface area contributed by atoms with E-state index in [0.29, 0.717) is 0 Å². The molecule has 1 aliphatic carbocycles. The lowest BCUT2D eigenvalue weighted by atomic mass is 9.94. The van der Waals surface area contributed by atoms with Crippen LogP contribution in [-0.2, 0) is 0 Å². The van der Waals surface area contributed by atoms with Crippen LogP contribution in [0.3, 0.4) is 0 Å². The third-order valence-corrected chi connectivity index (χ3v) is 2.57. The third-order valence-electron chi connectivity index (χ3n) is 2.57. The lowest BCUT2D eigenvalue weighted by molar-refractivity contribution is 0.901. The van der Waals surface area contributed by atoms with Gasteiger partial charge in [0.1, 0.15) is 0 Å². The number of rotatable bonds is 4. The second-order valence-electron chi connectivity index (χ2n) is 4.22. The maximum absolute atomic E-state index is 4.08. The van der Waals surface area contributed by atoms with E-state index in [1.54, 1.807) is 0 Å². The van der Waals surface area contributed by atoms with Crippen LogP contribution >= 0.6 is 0 Å². The molecule has 0 atom stereocenters. The van der Waals surface area contributed by atoms with Gasteiger partial charge in [-0.1, -0.05) is 59.8 Å². The fourth-order valence-corrected chi connectivity index (χ4v) is 1.80. The predicted molar refractivity (Wildman–Crippen MR) is 68.8 cm³/mol. The Morgan fingerprint density at radius 3 is 2.87 bits per heavy atom. The third kappa shape index (κ3) is 4.16. The van der Waals surface area contributed by atoms with Gasteiger partial charge < -0.3 is 0 Å². The number of allylic oxidation sites excluding steroid dienone is 8. The van der Waals surface area contributed by atoms with Crippen LogP contribution in [0.25, 0.3) is 0 Å². The van der Waals surface area contributed by atoms with Crippen LogP contribution < -0.4 is 0 Å². The van der Waals surface area contributed by atoms with E-state index in [1.165, 1.54) is 35.1 Å². The summed E-state index contributed by atoms with van der Waals surface area (Å²) < 4.78 is 0. The van der Waals surface area contributed by atoms with Gasteiger partial charge in [0, 0.05) is 0 Å². The van der Waals surface area contributed by atoms with Crippen LogP contribution in [0.15, 0.2) is 59.8 Å². The molecule has 80 valence electrons. The van der Waals surface area contributed by atoms with Gasteiger partial charge in [-0.25, -0.2) is 0 Å². The molecule has 0 aliphatic heterocycles. The van der Waals surface area contributed by atoms with Gasteiger partial charge in [0.15, 0.2) is 0 Å². The van der Waals surface area contributed by atoms with Gasteiger partial charge in [-0.2, -0.15) is 0 Å². The van der Waals surface area contributed by atoms with E-state index in [4.69, 9.17) is 0 Å². The van der Waals surface area contributed by atoms with E-state index < -0.39 is 0 Å². The van der Waals surface area contributed by atoms with Crippen molar-refractivity contribution in [3.05, 3.63) is 59.8 Å². The van der Waals surface area contributed by atoms with E-state index in [0.717, 1.165) is 6.42 Å². The van der Waals surface area contributed by atoms with Crippen LogP contribution in [-0.4, -0.2) is 0 Å². The van der Waals surface area contributed by atoms with Crippen LogP contribution in [0.5, 0.6) is 0 Å². The van der Waals surface area contributed by atoms with Crippen molar-refractivity contribution in [2.75, 3.05) is 0 Å². The second kappa shape index (κ2) is 5.55. The Labute approximate surface area is 93.4 Å². The summed E-state index contributed by atoms with van der Waals surface area (Å²) >= 11 is 0. The van der Waals surface area contributed by atoms with Crippen LogP contribution in [0, 0.1) is 0 Å². The van der Waals surface area contributed by atoms with Crippen molar-refractivity contribution in [1.82, 2.24) is 0 Å². The maximum Gasteiger partial charge on any atom is -0.00695 e. The molecule has 0 unspecified atom stereocenters. The van der Waals surface area contributed by atoms with Crippen LogP contribution in [0.4, 0.5) is 0 Å². The molecule has 0 saturated heterocycles. The predicted octanol–water partition coefficient (Wildman–Crippen LogP) is 4.73. The molecule has 1 rings (SSSR count). The van der Waals surface area contributed by atoms with Crippen molar-refractivity contribution < 1.29 is 0 Å². The molecule has 0 heteroatoms. The monoisotopic (exact) mass is 200 g/mol. The van der Waals surface area contributed by atoms with E-state index in [9.17, 15) is 0 Å². The number of hydrogen-bond donors (Lipinski definition) is 0. The van der Waals surface area contributed by atoms with Gasteiger partial charge in [-0.15, -0.1) is 0 Å². The summed E-state index contributed by atoms with van der Waals surface area (Å²) in [5, 5.41) is 0. The summed E-state index contributed by atoms with van der Waals surface area (Å²) in [6.07, 6.45) is 11.9. The summed E-state index contributed by atoms with van der Waals surface area (Å²) in [6.45, 7) is 12.0. The second-order valence-corrected chi connectivity index (χ2v) is 4.22. The molecule has 0 nitrogen and oxygen atoms in total. The average Bonchev–Trinajstić information content (AvgIpc) is 2.17. The van der Waals surface area contributed by atoms with Gasteiger partial charge in [0.25, 0.3) is 0 Å². The Balaban J connectivity index is 2.59. The van der Waals surface area contributed by atoms with Gasteiger partial charge in [0.05, 0.1) is 0 Å². The van der Waals surface area contributed by atoms with Crippen molar-refractivity contribution in [3.63, 3.8) is 0 Å². The van der Waals surface area contributed by atoms with E-state index in [-0.39, 0.29) is 0 Å². The van der Waals surface area contributed by atoms with E-state index in [1.807, 2.05) is 6.08 Å². The molecule has 0 aromatic carbocycles. The van der Waals surface area contributed by atoms with E-state index in [2.05, 4.69) is 45.2 Å². The molecule has 0 spiro atoms. The lowest BCUT2D eigenvalue weighted by Crippen LogP contribution is -1.92. The summed E-state index contributed by atoms with van der Waals surface area (Å²) in [5.74, 6) is 0. The standard InChI is InChI=1S/C15H20/c1-5-12(2)9-14(4)11-15-8-6-7-13(3)10-15/h5,7,9-10H,1,4,6,8,11H2,2-3H3/b12-9-. The summed E-state index contributed by atoms with van der Waals surface area (Å²) in [5.41, 5.74) is 5.23. The topological polar surface area (TPSA) is 0 Å². The first-order chi connectivity index (χ1) is 7.11. The SMILES string of the molecule is C=C/C(C)=C\C(=C)CC1=CC(C)=CCC1. The molecule has 0 aromatic rings. The Bertz CT molecular complexity index is 348. The molecule has 0 N–H and O–H groups in total. The highest BCUT2D eigenvalue weighted by Crippen LogP contribution is 2.23. The van der Waals surface area contributed by atoms with E-state index >= 15 is 0 Å². The molecule has 0 aromatic heterocycles. The number of hydrogen-bond acceptors (Lipinski definition) is 0. The van der Waals surface area contributed by atoms with Gasteiger partial charge in [0.2, 0.25) is 0 Å². The van der Waals surface area contributed by atoms with Gasteiger partial charge >= 0.3 is 0 Å². The first-order valence-corrected chi connectivity index (χ1v) is 5.46. The lowest BCUT2D eigenvalue weighted by Gasteiger charge is -2.11. The highest BCUT2D eigenvalue weighted by atomic mass is 14.1. The minimum Gasteiger partial charge on any atom is -0.0988 e. The summed E-state index contributed by atoms with van der Waals surface area (Å²) in [7, 11) is 0.